The van der Waals surface area contributed by atoms with Gasteiger partial charge in [0, 0.05) is 0 Å². The van der Waals surface area contributed by atoms with E-state index in [4.69, 9.17) is 5.11 Å². The lowest BCUT2D eigenvalue weighted by Crippen LogP contribution is -2.04. The highest BCUT2D eigenvalue weighted by Crippen LogP contribution is 2.24. The number of benzene rings is 1. The first-order valence-corrected chi connectivity index (χ1v) is 6.90. The van der Waals surface area contributed by atoms with Gasteiger partial charge >= 0.3 is 0 Å². The molecule has 1 atom stereocenters. The minimum absolute atomic E-state index is 0.412. The lowest BCUT2D eigenvalue weighted by atomic mass is 9.88. The maximum absolute atomic E-state index is 8.68. The second kappa shape index (κ2) is 7.81. The molecule has 1 aromatic carbocycles. The minimum atomic E-state index is -0.412. The minimum Gasteiger partial charge on any atom is -0.380 e. The molecule has 0 amide bonds. The molecule has 0 radical (unpaired) electrons. The van der Waals surface area contributed by atoms with E-state index in [2.05, 4.69) is 50.0 Å². The Labute approximate surface area is 117 Å². The fourth-order valence-corrected chi connectivity index (χ4v) is 2.04. The predicted molar refractivity (Wildman–Crippen MR) is 82.0 cm³/mol. The van der Waals surface area contributed by atoms with Crippen molar-refractivity contribution in [1.29, 1.82) is 0 Å². The molecule has 0 saturated carbocycles. The van der Waals surface area contributed by atoms with Gasteiger partial charge in [0.1, 0.15) is 6.10 Å². The maximum Gasteiger partial charge on any atom is 0.114 e. The molecule has 0 aromatic heterocycles. The summed E-state index contributed by atoms with van der Waals surface area (Å²) in [6.07, 6.45) is 2.62. The highest BCUT2D eigenvalue weighted by atomic mass is 16.3. The zero-order valence-corrected chi connectivity index (χ0v) is 12.5. The molecule has 0 heterocycles. The molecular formula is C18H24O. The van der Waals surface area contributed by atoms with Crippen LogP contribution in [0.3, 0.4) is 0 Å². The molecule has 0 saturated heterocycles. The molecule has 0 fully saturated rings. The topological polar surface area (TPSA) is 20.2 Å². The van der Waals surface area contributed by atoms with Crippen LogP contribution in [-0.4, -0.2) is 11.2 Å². The molecule has 0 bridgehead atoms. The van der Waals surface area contributed by atoms with Gasteiger partial charge in [0.05, 0.1) is 0 Å². The Bertz CT molecular complexity index is 467. The Balaban J connectivity index is 0.000000224. The molecule has 19 heavy (non-hydrogen) atoms. The number of hydrogen-bond donors (Lipinski definition) is 1. The number of aliphatic hydroxyl groups is 1. The summed E-state index contributed by atoms with van der Waals surface area (Å²) >= 11 is 0. The van der Waals surface area contributed by atoms with Crippen molar-refractivity contribution in [3.63, 3.8) is 0 Å². The van der Waals surface area contributed by atoms with Crippen LogP contribution in [-0.2, 0) is 12.8 Å². The normalized spacial score (nSPS) is 14.6. The van der Waals surface area contributed by atoms with E-state index < -0.39 is 6.10 Å². The van der Waals surface area contributed by atoms with Gasteiger partial charge in [-0.15, -0.1) is 5.92 Å². The van der Waals surface area contributed by atoms with Crippen LogP contribution in [0.1, 0.15) is 45.2 Å². The summed E-state index contributed by atoms with van der Waals surface area (Å²) in [7, 11) is 0. The molecule has 2 rings (SSSR count). The third-order valence-corrected chi connectivity index (χ3v) is 3.46. The van der Waals surface area contributed by atoms with Gasteiger partial charge in [-0.05, 0) is 51.2 Å². The fourth-order valence-electron chi connectivity index (χ4n) is 2.04. The van der Waals surface area contributed by atoms with Crippen molar-refractivity contribution in [2.75, 3.05) is 0 Å². The van der Waals surface area contributed by atoms with Gasteiger partial charge in [0.2, 0.25) is 0 Å². The Kier molecular flexibility index (Phi) is 6.39. The highest BCUT2D eigenvalue weighted by Gasteiger charge is 2.10. The lowest BCUT2D eigenvalue weighted by Gasteiger charge is -2.18. The molecule has 1 unspecified atom stereocenters. The van der Waals surface area contributed by atoms with E-state index in [-0.39, 0.29) is 0 Å². The van der Waals surface area contributed by atoms with E-state index in [0.717, 1.165) is 19.3 Å². The first kappa shape index (κ1) is 15.5. The van der Waals surface area contributed by atoms with E-state index in [1.165, 1.54) is 11.1 Å². The van der Waals surface area contributed by atoms with E-state index >= 15 is 0 Å². The Morgan fingerprint density at radius 3 is 1.89 bits per heavy atom. The third kappa shape index (κ3) is 4.93. The van der Waals surface area contributed by atoms with E-state index in [0.29, 0.717) is 0 Å². The second-order valence-electron chi connectivity index (χ2n) is 5.00. The van der Waals surface area contributed by atoms with E-state index in [1.807, 2.05) is 6.92 Å². The fraction of sp³-hybridized carbons (Fsp3) is 0.444. The average molecular weight is 256 g/mol. The van der Waals surface area contributed by atoms with Gasteiger partial charge in [-0.25, -0.2) is 0 Å². The van der Waals surface area contributed by atoms with Gasteiger partial charge in [0.15, 0.2) is 0 Å². The molecular weight excluding hydrogens is 232 g/mol. The Morgan fingerprint density at radius 2 is 1.58 bits per heavy atom. The smallest absolute Gasteiger partial charge is 0.114 e. The molecule has 1 aliphatic rings. The first-order valence-electron chi connectivity index (χ1n) is 6.90. The first-order chi connectivity index (χ1) is 9.08. The third-order valence-electron chi connectivity index (χ3n) is 3.46. The van der Waals surface area contributed by atoms with Crippen molar-refractivity contribution in [3.8, 4) is 11.8 Å². The van der Waals surface area contributed by atoms with Crippen LogP contribution in [0.5, 0.6) is 0 Å². The second-order valence-corrected chi connectivity index (χ2v) is 5.00. The number of fused-ring (bicyclic) bond motifs is 1. The van der Waals surface area contributed by atoms with Gasteiger partial charge in [0.25, 0.3) is 0 Å². The van der Waals surface area contributed by atoms with Crippen LogP contribution in [0, 0.1) is 11.8 Å². The van der Waals surface area contributed by atoms with Crippen LogP contribution in [0.2, 0.25) is 0 Å². The summed E-state index contributed by atoms with van der Waals surface area (Å²) in [5, 5.41) is 8.68. The van der Waals surface area contributed by atoms with Crippen molar-refractivity contribution in [2.24, 2.45) is 0 Å². The van der Waals surface area contributed by atoms with Gasteiger partial charge < -0.3 is 5.11 Å². The lowest BCUT2D eigenvalue weighted by molar-refractivity contribution is 0.228. The zero-order chi connectivity index (χ0) is 14.3. The summed E-state index contributed by atoms with van der Waals surface area (Å²) < 4.78 is 0. The molecule has 1 aromatic rings. The number of rotatable bonds is 1. The summed E-state index contributed by atoms with van der Waals surface area (Å²) in [5.74, 6) is 5.22. The predicted octanol–water partition coefficient (Wildman–Crippen LogP) is 3.90. The molecule has 1 aliphatic carbocycles. The summed E-state index contributed by atoms with van der Waals surface area (Å²) in [4.78, 5) is 0. The number of allylic oxidation sites excluding steroid dienone is 2. The summed E-state index contributed by atoms with van der Waals surface area (Å²) in [5.41, 5.74) is 6.13. The molecule has 102 valence electrons. The number of aliphatic hydroxyl groups excluding tert-OH is 1. The van der Waals surface area contributed by atoms with Crippen molar-refractivity contribution in [1.82, 2.24) is 0 Å². The van der Waals surface area contributed by atoms with Crippen LogP contribution in [0.25, 0.3) is 0 Å². The largest absolute Gasteiger partial charge is 0.380 e. The zero-order valence-electron chi connectivity index (χ0n) is 12.5. The maximum atomic E-state index is 8.68. The Hall–Kier alpha value is -1.52. The van der Waals surface area contributed by atoms with Crippen molar-refractivity contribution >= 4 is 0 Å². The van der Waals surface area contributed by atoms with Crippen LogP contribution in [0.15, 0.2) is 35.4 Å². The molecule has 1 N–H and O–H groups in total. The van der Waals surface area contributed by atoms with Crippen LogP contribution in [0.4, 0.5) is 0 Å². The highest BCUT2D eigenvalue weighted by molar-refractivity contribution is 5.39. The van der Waals surface area contributed by atoms with Crippen molar-refractivity contribution in [2.45, 2.75) is 53.1 Å². The van der Waals surface area contributed by atoms with Gasteiger partial charge in [-0.1, -0.05) is 48.3 Å². The molecule has 1 nitrogen and oxygen atoms in total. The van der Waals surface area contributed by atoms with Crippen LogP contribution >= 0.6 is 0 Å². The summed E-state index contributed by atoms with van der Waals surface area (Å²) in [6.45, 7) is 8.10. The number of hydrogen-bond acceptors (Lipinski definition) is 1. The monoisotopic (exact) mass is 256 g/mol. The standard InChI is InChI=1S/C12H14.C6H10O/c1-9-7-11-5-3-4-6-12(11)8-10(9)2;1-3-5-6(7)4-2/h3-6H,7-8H2,1-2H3;6-7H,4H2,1-2H3. The van der Waals surface area contributed by atoms with E-state index in [9.17, 15) is 0 Å². The molecule has 0 aliphatic heterocycles. The van der Waals surface area contributed by atoms with Crippen molar-refractivity contribution < 1.29 is 5.11 Å². The summed E-state index contributed by atoms with van der Waals surface area (Å²) in [6, 6.07) is 8.75. The van der Waals surface area contributed by atoms with E-state index in [1.54, 1.807) is 18.1 Å². The van der Waals surface area contributed by atoms with Gasteiger partial charge in [-0.2, -0.15) is 0 Å². The average Bonchev–Trinajstić information content (AvgIpc) is 2.41. The molecule has 0 spiro atoms. The van der Waals surface area contributed by atoms with Crippen molar-refractivity contribution in [3.05, 3.63) is 46.5 Å². The quantitative estimate of drug-likeness (QED) is 0.597. The Morgan fingerprint density at radius 1 is 1.11 bits per heavy atom. The SMILES string of the molecule is CC#CC(O)CC.CC1=C(C)Cc2ccccc2C1. The van der Waals surface area contributed by atoms with Crippen LogP contribution < -0.4 is 0 Å². The molecule has 1 heteroatoms. The van der Waals surface area contributed by atoms with Gasteiger partial charge in [-0.3, -0.25) is 0 Å².